The van der Waals surface area contributed by atoms with E-state index in [0.717, 1.165) is 11.1 Å². The third-order valence-electron chi connectivity index (χ3n) is 4.06. The van der Waals surface area contributed by atoms with E-state index in [1.165, 1.54) is 6.08 Å². The smallest absolute Gasteiger partial charge is 0.328 e. The Labute approximate surface area is 168 Å². The van der Waals surface area contributed by atoms with Gasteiger partial charge >= 0.3 is 5.97 Å². The number of nitrogens with one attached hydrogen (secondary N) is 1. The van der Waals surface area contributed by atoms with Crippen LogP contribution in [0.2, 0.25) is 5.02 Å². The molecule has 0 bridgehead atoms. The van der Waals surface area contributed by atoms with E-state index in [2.05, 4.69) is 5.32 Å². The lowest BCUT2D eigenvalue weighted by molar-refractivity contribution is -0.148. The highest BCUT2D eigenvalue weighted by atomic mass is 35.5. The molecule has 146 valence electrons. The van der Waals surface area contributed by atoms with E-state index in [4.69, 9.17) is 25.8 Å². The average Bonchev–Trinajstić information content (AvgIpc) is 2.70. The Balaban J connectivity index is 1.54. The first-order chi connectivity index (χ1) is 13.5. The number of benzene rings is 2. The number of fused-ring (bicyclic) bond motifs is 1. The summed E-state index contributed by atoms with van der Waals surface area (Å²) < 4.78 is 16.0. The molecule has 0 spiro atoms. The summed E-state index contributed by atoms with van der Waals surface area (Å²) in [6.45, 7) is 2.07. The van der Waals surface area contributed by atoms with Crippen molar-refractivity contribution in [1.82, 2.24) is 5.32 Å². The summed E-state index contributed by atoms with van der Waals surface area (Å²) in [4.78, 5) is 24.2. The number of carbonyl (C=O) groups is 2. The van der Waals surface area contributed by atoms with Crippen molar-refractivity contribution in [3.8, 4) is 5.75 Å². The van der Waals surface area contributed by atoms with Gasteiger partial charge in [-0.25, -0.2) is 4.79 Å². The Morgan fingerprint density at radius 3 is 2.86 bits per heavy atom. The molecule has 7 heteroatoms. The number of carbonyl (C=O) groups excluding carboxylic acids is 2. The van der Waals surface area contributed by atoms with Crippen LogP contribution in [0.3, 0.4) is 0 Å². The number of hydrogen-bond donors (Lipinski definition) is 1. The van der Waals surface area contributed by atoms with E-state index in [1.807, 2.05) is 30.3 Å². The van der Waals surface area contributed by atoms with Gasteiger partial charge in [-0.1, -0.05) is 41.9 Å². The molecule has 0 aromatic heterocycles. The summed E-state index contributed by atoms with van der Waals surface area (Å²) >= 11 is 6.10. The Morgan fingerprint density at radius 2 is 2.07 bits per heavy atom. The van der Waals surface area contributed by atoms with Crippen LogP contribution in [0, 0.1) is 0 Å². The molecule has 0 unspecified atom stereocenters. The van der Waals surface area contributed by atoms with Gasteiger partial charge in [-0.2, -0.15) is 0 Å². The second-order valence-electron chi connectivity index (χ2n) is 6.25. The molecule has 2 aromatic carbocycles. The van der Waals surface area contributed by atoms with Crippen LogP contribution in [0.1, 0.15) is 23.6 Å². The zero-order valence-corrected chi connectivity index (χ0v) is 16.1. The largest absolute Gasteiger partial charge is 0.467 e. The summed E-state index contributed by atoms with van der Waals surface area (Å²) in [5, 5.41) is 3.09. The lowest BCUT2D eigenvalue weighted by Gasteiger charge is -2.21. The standard InChI is InChI=1S/C21H20ClNO5/c1-14(23-19(24)8-7-15-5-3-2-4-6-15)21(25)27-12-17-10-18(22)9-16-11-26-13-28-20(16)17/h2-10,14H,11-13H2,1H3,(H,23,24)/b8-7+/t14-/m0/s1. The van der Waals surface area contributed by atoms with Gasteiger partial charge in [-0.05, 0) is 30.7 Å². The van der Waals surface area contributed by atoms with Crippen LogP contribution in [0.5, 0.6) is 5.75 Å². The van der Waals surface area contributed by atoms with Crippen molar-refractivity contribution in [3.63, 3.8) is 0 Å². The van der Waals surface area contributed by atoms with Gasteiger partial charge in [-0.15, -0.1) is 0 Å². The van der Waals surface area contributed by atoms with Crippen LogP contribution in [-0.4, -0.2) is 24.7 Å². The Morgan fingerprint density at radius 1 is 1.29 bits per heavy atom. The number of ether oxygens (including phenoxy) is 3. The van der Waals surface area contributed by atoms with Crippen LogP contribution in [0.4, 0.5) is 0 Å². The highest BCUT2D eigenvalue weighted by Gasteiger charge is 2.20. The maximum atomic E-state index is 12.2. The minimum atomic E-state index is -0.799. The van der Waals surface area contributed by atoms with Crippen molar-refractivity contribution >= 4 is 29.6 Å². The summed E-state index contributed by atoms with van der Waals surface area (Å²) in [6, 6.07) is 12.0. The number of esters is 1. The predicted molar refractivity (Wildman–Crippen MR) is 105 cm³/mol. The second-order valence-corrected chi connectivity index (χ2v) is 6.68. The maximum Gasteiger partial charge on any atom is 0.328 e. The Hall–Kier alpha value is -2.83. The molecule has 3 rings (SSSR count). The van der Waals surface area contributed by atoms with Gasteiger partial charge in [-0.3, -0.25) is 4.79 Å². The van der Waals surface area contributed by atoms with Crippen molar-refractivity contribution in [2.75, 3.05) is 6.79 Å². The fourth-order valence-electron chi connectivity index (χ4n) is 2.69. The third-order valence-corrected chi connectivity index (χ3v) is 4.28. The first-order valence-corrected chi connectivity index (χ1v) is 9.13. The minimum Gasteiger partial charge on any atom is -0.467 e. The van der Waals surface area contributed by atoms with Crippen molar-refractivity contribution < 1.29 is 23.8 Å². The van der Waals surface area contributed by atoms with Gasteiger partial charge in [0.1, 0.15) is 18.4 Å². The SMILES string of the molecule is C[C@H](NC(=O)/C=C/c1ccccc1)C(=O)OCc1cc(Cl)cc2c1OCOC2. The zero-order valence-electron chi connectivity index (χ0n) is 15.3. The van der Waals surface area contributed by atoms with Gasteiger partial charge in [0, 0.05) is 22.2 Å². The third kappa shape index (κ3) is 5.34. The quantitative estimate of drug-likeness (QED) is 0.592. The number of amides is 1. The molecule has 1 aliphatic heterocycles. The molecule has 2 aromatic rings. The average molecular weight is 402 g/mol. The highest BCUT2D eigenvalue weighted by Crippen LogP contribution is 2.32. The monoisotopic (exact) mass is 401 g/mol. The molecule has 1 amide bonds. The second kappa shape index (κ2) is 9.39. The van der Waals surface area contributed by atoms with E-state index in [9.17, 15) is 9.59 Å². The van der Waals surface area contributed by atoms with E-state index < -0.39 is 12.0 Å². The lowest BCUT2D eigenvalue weighted by Crippen LogP contribution is -2.38. The molecule has 6 nitrogen and oxygen atoms in total. The molecule has 1 aliphatic rings. The van der Waals surface area contributed by atoms with Crippen LogP contribution in [0.15, 0.2) is 48.5 Å². The predicted octanol–water partition coefficient (Wildman–Crippen LogP) is 3.47. The molecule has 0 aliphatic carbocycles. The molecule has 0 fully saturated rings. The van der Waals surface area contributed by atoms with Gasteiger partial charge in [0.05, 0.1) is 6.61 Å². The normalized spacial score (nSPS) is 14.1. The molecule has 1 atom stereocenters. The van der Waals surface area contributed by atoms with Crippen LogP contribution in [-0.2, 0) is 32.3 Å². The number of rotatable bonds is 6. The summed E-state index contributed by atoms with van der Waals surface area (Å²) in [7, 11) is 0. The Kier molecular flexibility index (Phi) is 6.68. The van der Waals surface area contributed by atoms with E-state index >= 15 is 0 Å². The zero-order chi connectivity index (χ0) is 19.9. The van der Waals surface area contributed by atoms with Crippen molar-refractivity contribution in [2.45, 2.75) is 26.2 Å². The van der Waals surface area contributed by atoms with E-state index in [1.54, 1.807) is 25.1 Å². The summed E-state index contributed by atoms with van der Waals surface area (Å²) in [5.41, 5.74) is 2.35. The van der Waals surface area contributed by atoms with Crippen molar-refractivity contribution in [3.05, 3.63) is 70.3 Å². The fraction of sp³-hybridized carbons (Fsp3) is 0.238. The van der Waals surface area contributed by atoms with Crippen LogP contribution < -0.4 is 10.1 Å². The molecule has 0 radical (unpaired) electrons. The Bertz CT molecular complexity index is 882. The molecule has 1 N–H and O–H groups in total. The van der Waals surface area contributed by atoms with E-state index in [0.29, 0.717) is 22.9 Å². The molecular weight excluding hydrogens is 382 g/mol. The lowest BCUT2D eigenvalue weighted by atomic mass is 10.1. The fourth-order valence-corrected chi connectivity index (χ4v) is 2.96. The van der Waals surface area contributed by atoms with Gasteiger partial charge in [0.15, 0.2) is 6.79 Å². The first-order valence-electron chi connectivity index (χ1n) is 8.75. The minimum absolute atomic E-state index is 0.0121. The number of halogens is 1. The van der Waals surface area contributed by atoms with Gasteiger partial charge in [0.2, 0.25) is 5.91 Å². The van der Waals surface area contributed by atoms with Crippen LogP contribution in [0.25, 0.3) is 6.08 Å². The topological polar surface area (TPSA) is 73.9 Å². The molecular formula is C21H20ClNO5. The molecule has 0 saturated carbocycles. The van der Waals surface area contributed by atoms with Crippen LogP contribution >= 0.6 is 11.6 Å². The van der Waals surface area contributed by atoms with Gasteiger partial charge in [0.25, 0.3) is 0 Å². The van der Waals surface area contributed by atoms with E-state index in [-0.39, 0.29) is 19.3 Å². The molecule has 1 heterocycles. The molecule has 28 heavy (non-hydrogen) atoms. The highest BCUT2D eigenvalue weighted by molar-refractivity contribution is 6.30. The first kappa shape index (κ1) is 19.9. The van der Waals surface area contributed by atoms with Crippen molar-refractivity contribution in [1.29, 1.82) is 0 Å². The van der Waals surface area contributed by atoms with Gasteiger partial charge < -0.3 is 19.5 Å². The van der Waals surface area contributed by atoms with Crippen molar-refractivity contribution in [2.24, 2.45) is 0 Å². The maximum absolute atomic E-state index is 12.2. The summed E-state index contributed by atoms with van der Waals surface area (Å²) in [5.74, 6) is -0.318. The summed E-state index contributed by atoms with van der Waals surface area (Å²) in [6.07, 6.45) is 3.05. The number of hydrogen-bond acceptors (Lipinski definition) is 5. The molecule has 0 saturated heterocycles.